The van der Waals surface area contributed by atoms with Crippen molar-refractivity contribution in [3.05, 3.63) is 39.2 Å². The van der Waals surface area contributed by atoms with E-state index in [4.69, 9.17) is 27.9 Å². The zero-order chi connectivity index (χ0) is 14.9. The topological polar surface area (TPSA) is 39.2 Å². The van der Waals surface area contributed by atoms with Crippen LogP contribution in [-0.2, 0) is 4.74 Å². The van der Waals surface area contributed by atoms with Crippen molar-refractivity contribution < 1.29 is 9.53 Å². The summed E-state index contributed by atoms with van der Waals surface area (Å²) in [6.07, 6.45) is 0. The molecule has 3 nitrogen and oxygen atoms in total. The number of halogens is 2. The third-order valence-corrected chi connectivity index (χ3v) is 3.63. The normalized spacial score (nSPS) is 11.4. The van der Waals surface area contributed by atoms with E-state index in [1.165, 1.54) is 0 Å². The van der Waals surface area contributed by atoms with Crippen LogP contribution in [0.5, 0.6) is 0 Å². The van der Waals surface area contributed by atoms with Crippen molar-refractivity contribution in [3.63, 3.8) is 0 Å². The van der Waals surface area contributed by atoms with Gasteiger partial charge in [0.05, 0.1) is 10.7 Å². The summed E-state index contributed by atoms with van der Waals surface area (Å²) in [4.78, 5) is 12.4. The van der Waals surface area contributed by atoms with Gasteiger partial charge < -0.3 is 4.74 Å². The number of ether oxygens (including phenoxy) is 1. The molecule has 106 valence electrons. The molecule has 20 heavy (non-hydrogen) atoms. The molecule has 1 aromatic heterocycles. The fourth-order valence-electron chi connectivity index (χ4n) is 1.52. The molecule has 0 N–H and O–H groups in total. The van der Waals surface area contributed by atoms with Gasteiger partial charge in [0.15, 0.2) is 0 Å². The van der Waals surface area contributed by atoms with Crippen LogP contribution in [0.1, 0.15) is 30.4 Å². The Morgan fingerprint density at radius 3 is 2.55 bits per heavy atom. The summed E-state index contributed by atoms with van der Waals surface area (Å²) in [6, 6.07) is 6.83. The van der Waals surface area contributed by atoms with Crippen molar-refractivity contribution >= 4 is 40.7 Å². The summed E-state index contributed by atoms with van der Waals surface area (Å²) < 4.78 is 9.54. The quantitative estimate of drug-likeness (QED) is 0.722. The zero-order valence-electron chi connectivity index (χ0n) is 11.2. The number of esters is 1. The minimum Gasteiger partial charge on any atom is -0.456 e. The molecule has 0 amide bonds. The highest BCUT2D eigenvalue weighted by atomic mass is 35.5. The highest BCUT2D eigenvalue weighted by Gasteiger charge is 2.20. The van der Waals surface area contributed by atoms with Crippen molar-refractivity contribution in [2.24, 2.45) is 0 Å². The number of nitrogens with zero attached hydrogens (tertiary/aromatic N) is 1. The zero-order valence-corrected chi connectivity index (χ0v) is 13.6. The van der Waals surface area contributed by atoms with Gasteiger partial charge >= 0.3 is 5.97 Å². The summed E-state index contributed by atoms with van der Waals surface area (Å²) in [7, 11) is 0. The van der Waals surface area contributed by atoms with E-state index in [9.17, 15) is 4.79 Å². The van der Waals surface area contributed by atoms with Gasteiger partial charge in [0.2, 0.25) is 0 Å². The fourth-order valence-corrected chi connectivity index (χ4v) is 2.66. The molecule has 2 aromatic rings. The molecule has 1 heterocycles. The van der Waals surface area contributed by atoms with Crippen molar-refractivity contribution in [1.82, 2.24) is 4.37 Å². The smallest absolute Gasteiger partial charge is 0.350 e. The molecule has 0 bridgehead atoms. The molecular formula is C14H13Cl2NO2S. The molecule has 0 saturated carbocycles. The van der Waals surface area contributed by atoms with E-state index in [0.717, 1.165) is 17.1 Å². The molecule has 1 aromatic carbocycles. The van der Waals surface area contributed by atoms with E-state index in [2.05, 4.69) is 4.37 Å². The van der Waals surface area contributed by atoms with Gasteiger partial charge in [0.25, 0.3) is 0 Å². The average molecular weight is 330 g/mol. The first kappa shape index (κ1) is 15.3. The number of aromatic nitrogens is 1. The second-order valence-corrected chi connectivity index (χ2v) is 6.85. The third kappa shape index (κ3) is 3.72. The number of benzene rings is 1. The predicted molar refractivity (Wildman–Crippen MR) is 82.7 cm³/mol. The molecule has 0 fully saturated rings. The van der Waals surface area contributed by atoms with Gasteiger partial charge in [-0.3, -0.25) is 0 Å². The maximum Gasteiger partial charge on any atom is 0.350 e. The van der Waals surface area contributed by atoms with Crippen LogP contribution in [0.2, 0.25) is 10.0 Å². The molecule has 2 rings (SSSR count). The maximum atomic E-state index is 11.9. The van der Waals surface area contributed by atoms with Crippen molar-refractivity contribution in [1.29, 1.82) is 0 Å². The van der Waals surface area contributed by atoms with Gasteiger partial charge in [0, 0.05) is 10.6 Å². The van der Waals surface area contributed by atoms with Crippen LogP contribution in [0, 0.1) is 0 Å². The summed E-state index contributed by atoms with van der Waals surface area (Å²) in [5.74, 6) is -0.383. The van der Waals surface area contributed by atoms with Crippen LogP contribution in [0.3, 0.4) is 0 Å². The predicted octanol–water partition coefficient (Wildman–Crippen LogP) is 5.07. The number of hydrogen-bond acceptors (Lipinski definition) is 4. The monoisotopic (exact) mass is 329 g/mol. The summed E-state index contributed by atoms with van der Waals surface area (Å²) >= 11 is 13.1. The SMILES string of the molecule is CC(C)(C)OC(=O)c1cc(-c2ccc(Cl)cc2Cl)ns1. The number of rotatable bonds is 2. The van der Waals surface area contributed by atoms with Crippen LogP contribution >= 0.6 is 34.7 Å². The number of hydrogen-bond donors (Lipinski definition) is 0. The Morgan fingerprint density at radius 2 is 1.95 bits per heavy atom. The van der Waals surface area contributed by atoms with E-state index in [-0.39, 0.29) is 5.97 Å². The Hall–Kier alpha value is -1.10. The third-order valence-electron chi connectivity index (χ3n) is 2.32. The lowest BCUT2D eigenvalue weighted by atomic mass is 10.1. The lowest BCUT2D eigenvalue weighted by Gasteiger charge is -2.18. The van der Waals surface area contributed by atoms with Crippen molar-refractivity contribution in [2.45, 2.75) is 26.4 Å². The lowest BCUT2D eigenvalue weighted by Crippen LogP contribution is -2.23. The molecule has 0 aliphatic rings. The summed E-state index contributed by atoms with van der Waals surface area (Å²) in [5.41, 5.74) is 0.846. The largest absolute Gasteiger partial charge is 0.456 e. The first-order chi connectivity index (χ1) is 9.26. The van der Waals surface area contributed by atoms with Gasteiger partial charge in [0.1, 0.15) is 10.5 Å². The first-order valence-electron chi connectivity index (χ1n) is 5.92. The van der Waals surface area contributed by atoms with Gasteiger partial charge in [-0.1, -0.05) is 23.2 Å². The minimum atomic E-state index is -0.529. The molecular weight excluding hydrogens is 317 g/mol. The van der Waals surface area contributed by atoms with E-state index < -0.39 is 5.60 Å². The Morgan fingerprint density at radius 1 is 1.25 bits per heavy atom. The Kier molecular flexibility index (Phi) is 4.37. The van der Waals surface area contributed by atoms with Crippen LogP contribution in [0.25, 0.3) is 11.3 Å². The molecule has 0 atom stereocenters. The Bertz CT molecular complexity index is 647. The molecule has 0 saturated heterocycles. The molecule has 6 heteroatoms. The molecule has 0 unspecified atom stereocenters. The second kappa shape index (κ2) is 5.72. The fraction of sp³-hybridized carbons (Fsp3) is 0.286. The number of carbonyl (C=O) groups is 1. The first-order valence-corrected chi connectivity index (χ1v) is 7.45. The Labute approximate surface area is 131 Å². The van der Waals surface area contributed by atoms with Crippen LogP contribution < -0.4 is 0 Å². The maximum absolute atomic E-state index is 11.9. The molecule has 0 spiro atoms. The van der Waals surface area contributed by atoms with Crippen LogP contribution in [-0.4, -0.2) is 15.9 Å². The average Bonchev–Trinajstić information content (AvgIpc) is 2.75. The standard InChI is InChI=1S/C14H13Cl2NO2S/c1-14(2,3)19-13(18)12-7-11(17-20-12)9-5-4-8(15)6-10(9)16/h4-7H,1-3H3. The van der Waals surface area contributed by atoms with Gasteiger partial charge in [-0.05, 0) is 56.6 Å². The second-order valence-electron chi connectivity index (χ2n) is 5.20. The van der Waals surface area contributed by atoms with E-state index in [1.807, 2.05) is 20.8 Å². The molecule has 0 aliphatic heterocycles. The molecule has 0 radical (unpaired) electrons. The Balaban J connectivity index is 2.27. The van der Waals surface area contributed by atoms with Crippen molar-refractivity contribution in [2.75, 3.05) is 0 Å². The van der Waals surface area contributed by atoms with Crippen LogP contribution in [0.4, 0.5) is 0 Å². The van der Waals surface area contributed by atoms with E-state index in [0.29, 0.717) is 20.6 Å². The van der Waals surface area contributed by atoms with Gasteiger partial charge in [-0.25, -0.2) is 4.79 Å². The van der Waals surface area contributed by atoms with Gasteiger partial charge in [-0.15, -0.1) is 0 Å². The summed E-state index contributed by atoms with van der Waals surface area (Å²) in [5, 5.41) is 1.06. The van der Waals surface area contributed by atoms with E-state index >= 15 is 0 Å². The highest BCUT2D eigenvalue weighted by molar-refractivity contribution is 7.08. The van der Waals surface area contributed by atoms with E-state index in [1.54, 1.807) is 24.3 Å². The summed E-state index contributed by atoms with van der Waals surface area (Å²) in [6.45, 7) is 5.47. The van der Waals surface area contributed by atoms with Crippen molar-refractivity contribution in [3.8, 4) is 11.3 Å². The van der Waals surface area contributed by atoms with Crippen LogP contribution in [0.15, 0.2) is 24.3 Å². The number of carbonyl (C=O) groups excluding carboxylic acids is 1. The minimum absolute atomic E-state index is 0.383. The highest BCUT2D eigenvalue weighted by Crippen LogP contribution is 2.31. The lowest BCUT2D eigenvalue weighted by molar-refractivity contribution is 0.00753. The van der Waals surface area contributed by atoms with Gasteiger partial charge in [-0.2, -0.15) is 4.37 Å². The molecule has 0 aliphatic carbocycles.